The number of nitrogens with one attached hydrogen (secondary N) is 1. The van der Waals surface area contributed by atoms with E-state index in [-0.39, 0.29) is 5.78 Å². The smallest absolute Gasteiger partial charge is 0.219 e. The van der Waals surface area contributed by atoms with Gasteiger partial charge in [0.15, 0.2) is 11.6 Å². The monoisotopic (exact) mass is 562 g/mol. The van der Waals surface area contributed by atoms with Crippen LogP contribution in [0.2, 0.25) is 0 Å². The van der Waals surface area contributed by atoms with E-state index in [9.17, 15) is 10.1 Å². The molecule has 3 fully saturated rings. The maximum atomic E-state index is 14.4. The summed E-state index contributed by atoms with van der Waals surface area (Å²) >= 11 is 1.45. The Bertz CT molecular complexity index is 1370. The quantitative estimate of drug-likeness (QED) is 0.465. The van der Waals surface area contributed by atoms with Crippen molar-refractivity contribution in [3.05, 3.63) is 33.5 Å². The standard InChI is InChI=1S/C29H38N8O2S/c1-36-12-4-5-18(36)17-39-23-15-22(37-13-10-33-11-14-37)34-28(35-23)25(31)19-6-2-8-29(26(19)38)9-3-7-21-24(29)20(16-30)27(32)40-21/h15,18,33H,2-14,17,31-32H2,1H3/b25-19-/t18-,29-/m0/s1. The molecular formula is C29H38N8O2S. The molecule has 4 aliphatic rings. The van der Waals surface area contributed by atoms with Crippen molar-refractivity contribution in [1.29, 1.82) is 5.26 Å². The largest absolute Gasteiger partial charge is 0.476 e. The summed E-state index contributed by atoms with van der Waals surface area (Å²) in [5, 5.41) is 13.8. The van der Waals surface area contributed by atoms with E-state index in [1.807, 2.05) is 6.07 Å². The van der Waals surface area contributed by atoms with Gasteiger partial charge in [0.25, 0.3) is 0 Å². The third kappa shape index (κ3) is 4.72. The molecule has 0 amide bonds. The third-order valence-electron chi connectivity index (χ3n) is 9.14. The summed E-state index contributed by atoms with van der Waals surface area (Å²) in [5.41, 5.74) is 14.5. The Labute approximate surface area is 239 Å². The van der Waals surface area contributed by atoms with E-state index < -0.39 is 5.41 Å². The van der Waals surface area contributed by atoms with Crippen molar-refractivity contribution in [2.75, 3.05) is 57.0 Å². The molecule has 10 nitrogen and oxygen atoms in total. The molecule has 0 radical (unpaired) electrons. The molecule has 6 rings (SSSR count). The van der Waals surface area contributed by atoms with Gasteiger partial charge in [-0.3, -0.25) is 4.79 Å². The highest BCUT2D eigenvalue weighted by molar-refractivity contribution is 7.16. The van der Waals surface area contributed by atoms with Gasteiger partial charge in [-0.25, -0.2) is 4.98 Å². The second-order valence-corrected chi connectivity index (χ2v) is 12.6. The number of hydrogen-bond donors (Lipinski definition) is 3. The predicted molar refractivity (Wildman–Crippen MR) is 156 cm³/mol. The van der Waals surface area contributed by atoms with Gasteiger partial charge in [-0.2, -0.15) is 10.2 Å². The second kappa shape index (κ2) is 11.0. The van der Waals surface area contributed by atoms with Gasteiger partial charge in [-0.1, -0.05) is 0 Å². The fourth-order valence-corrected chi connectivity index (χ4v) is 8.11. The van der Waals surface area contributed by atoms with E-state index in [1.165, 1.54) is 17.8 Å². The van der Waals surface area contributed by atoms with Gasteiger partial charge in [0, 0.05) is 48.7 Å². The molecular weight excluding hydrogens is 524 g/mol. The molecule has 5 N–H and O–H groups in total. The first kappa shape index (κ1) is 27.0. The maximum Gasteiger partial charge on any atom is 0.219 e. The number of aromatic nitrogens is 2. The summed E-state index contributed by atoms with van der Waals surface area (Å²) in [6, 6.07) is 4.54. The van der Waals surface area contributed by atoms with Crippen molar-refractivity contribution in [3.63, 3.8) is 0 Å². The molecule has 2 aliphatic carbocycles. The number of nitriles is 1. The number of anilines is 2. The van der Waals surface area contributed by atoms with Gasteiger partial charge in [0.1, 0.15) is 23.5 Å². The van der Waals surface area contributed by atoms with Crippen molar-refractivity contribution in [1.82, 2.24) is 20.2 Å². The molecule has 40 heavy (non-hydrogen) atoms. The van der Waals surface area contributed by atoms with Crippen LogP contribution >= 0.6 is 11.3 Å². The Morgan fingerprint density at radius 3 is 2.73 bits per heavy atom. The van der Waals surface area contributed by atoms with Gasteiger partial charge >= 0.3 is 0 Å². The van der Waals surface area contributed by atoms with Gasteiger partial charge in [0.05, 0.1) is 16.7 Å². The minimum absolute atomic E-state index is 0.00211. The van der Waals surface area contributed by atoms with Crippen molar-refractivity contribution in [2.45, 2.75) is 62.8 Å². The summed E-state index contributed by atoms with van der Waals surface area (Å²) in [5.74, 6) is 1.59. The zero-order chi connectivity index (χ0) is 27.9. The van der Waals surface area contributed by atoms with Crippen molar-refractivity contribution in [3.8, 4) is 11.9 Å². The van der Waals surface area contributed by atoms with Crippen LogP contribution in [0.5, 0.6) is 5.88 Å². The number of carbonyl (C=O) groups excluding carboxylic acids is 1. The number of fused-ring (bicyclic) bond motifs is 2. The lowest BCUT2D eigenvalue weighted by Crippen LogP contribution is -2.44. The van der Waals surface area contributed by atoms with Crippen molar-refractivity contribution in [2.24, 2.45) is 5.73 Å². The van der Waals surface area contributed by atoms with Crippen LogP contribution in [0.15, 0.2) is 11.6 Å². The van der Waals surface area contributed by atoms with Gasteiger partial charge in [-0.15, -0.1) is 11.3 Å². The number of allylic oxidation sites excluding steroid dienone is 1. The first-order valence-corrected chi connectivity index (χ1v) is 15.3. The Hall–Kier alpha value is -3.20. The first-order chi connectivity index (χ1) is 19.4. The number of nitrogen functional groups attached to an aromatic ring is 1. The van der Waals surface area contributed by atoms with E-state index >= 15 is 0 Å². The molecule has 212 valence electrons. The molecule has 0 bridgehead atoms. The number of nitrogens with two attached hydrogens (primary N) is 2. The topological polar surface area (TPSA) is 146 Å². The summed E-state index contributed by atoms with van der Waals surface area (Å²) in [6.07, 6.45) is 6.77. The average molecular weight is 563 g/mol. The molecule has 2 aromatic rings. The zero-order valence-electron chi connectivity index (χ0n) is 23.2. The number of likely N-dealkylation sites (N-methyl/N-ethyl adjacent to an activating group) is 1. The summed E-state index contributed by atoms with van der Waals surface area (Å²) < 4.78 is 6.24. The number of likely N-dealkylation sites (tertiary alicyclic amines) is 1. The number of nitrogens with zero attached hydrogens (tertiary/aromatic N) is 5. The van der Waals surface area contributed by atoms with E-state index in [0.717, 1.165) is 74.7 Å². The van der Waals surface area contributed by atoms with Crippen molar-refractivity contribution < 1.29 is 9.53 Å². The highest BCUT2D eigenvalue weighted by Crippen LogP contribution is 2.52. The lowest BCUT2D eigenvalue weighted by molar-refractivity contribution is -0.122. The van der Waals surface area contributed by atoms with Gasteiger partial charge in [-0.05, 0) is 70.5 Å². The lowest BCUT2D eigenvalue weighted by atomic mass is 9.61. The highest BCUT2D eigenvalue weighted by atomic mass is 32.1. The Morgan fingerprint density at radius 1 is 1.23 bits per heavy atom. The summed E-state index contributed by atoms with van der Waals surface area (Å²) in [6.45, 7) is 4.99. The number of Topliss-reactive ketones (excluding diaryl/α,β-unsaturated/α-hetero) is 1. The minimum Gasteiger partial charge on any atom is -0.476 e. The molecule has 2 saturated heterocycles. The number of rotatable bonds is 5. The van der Waals surface area contributed by atoms with Crippen LogP contribution in [0, 0.1) is 11.3 Å². The maximum absolute atomic E-state index is 14.4. The Morgan fingerprint density at radius 2 is 2.00 bits per heavy atom. The van der Waals surface area contributed by atoms with E-state index in [4.69, 9.17) is 26.2 Å². The second-order valence-electron chi connectivity index (χ2n) is 11.5. The number of piperazine rings is 1. The molecule has 0 unspecified atom stereocenters. The molecule has 2 atom stereocenters. The Kier molecular flexibility index (Phi) is 7.42. The van der Waals surface area contributed by atoms with Crippen LogP contribution < -0.4 is 26.4 Å². The average Bonchev–Trinajstić information content (AvgIpc) is 3.55. The first-order valence-electron chi connectivity index (χ1n) is 14.4. The number of aryl methyl sites for hydroxylation is 1. The molecule has 4 heterocycles. The summed E-state index contributed by atoms with van der Waals surface area (Å²) in [7, 11) is 2.13. The highest BCUT2D eigenvalue weighted by Gasteiger charge is 2.49. The predicted octanol–water partition coefficient (Wildman–Crippen LogP) is 2.57. The van der Waals surface area contributed by atoms with Gasteiger partial charge < -0.3 is 31.3 Å². The fraction of sp³-hybridized carbons (Fsp3) is 0.586. The van der Waals surface area contributed by atoms with Crippen LogP contribution in [0.25, 0.3) is 5.70 Å². The van der Waals surface area contributed by atoms with E-state index in [1.54, 1.807) is 0 Å². The molecule has 0 aromatic carbocycles. The number of ether oxygens (including phenoxy) is 1. The molecule has 2 aliphatic heterocycles. The van der Waals surface area contributed by atoms with Crippen LogP contribution in [0.3, 0.4) is 0 Å². The lowest BCUT2D eigenvalue weighted by Gasteiger charge is -2.40. The normalized spacial score (nSPS) is 26.6. The van der Waals surface area contributed by atoms with E-state index in [2.05, 4.69) is 28.2 Å². The van der Waals surface area contributed by atoms with Gasteiger partial charge in [0.2, 0.25) is 5.88 Å². The summed E-state index contributed by atoms with van der Waals surface area (Å²) in [4.78, 5) is 29.6. The minimum atomic E-state index is -0.756. The van der Waals surface area contributed by atoms with Crippen LogP contribution in [-0.2, 0) is 16.6 Å². The van der Waals surface area contributed by atoms with Crippen LogP contribution in [-0.4, -0.2) is 73.1 Å². The number of hydrogen-bond acceptors (Lipinski definition) is 11. The zero-order valence-corrected chi connectivity index (χ0v) is 24.0. The van der Waals surface area contributed by atoms with Crippen molar-refractivity contribution >= 4 is 33.6 Å². The Balaban J connectivity index is 1.38. The molecule has 2 aromatic heterocycles. The van der Waals surface area contributed by atoms with Crippen LogP contribution in [0.4, 0.5) is 10.8 Å². The third-order valence-corrected chi connectivity index (χ3v) is 10.2. The van der Waals surface area contributed by atoms with E-state index in [0.29, 0.717) is 65.5 Å². The molecule has 1 saturated carbocycles. The SMILES string of the molecule is CN1CCC[C@H]1COc1cc(N2CCNCC2)nc(/C(N)=C2\CCC[C@@]3(CCCc4sc(N)c(C#N)c43)C2=O)n1. The number of carbonyl (C=O) groups is 1. The fourth-order valence-electron chi connectivity index (χ4n) is 6.95. The number of thiophene rings is 1. The molecule has 1 spiro atoms. The molecule has 11 heteroatoms. The van der Waals surface area contributed by atoms with Crippen LogP contribution in [0.1, 0.15) is 66.8 Å². The number of ketones is 1.